The third-order valence-electron chi connectivity index (χ3n) is 0.596. The molecular formula is C6H10OS. The van der Waals surface area contributed by atoms with E-state index in [1.807, 2.05) is 18.2 Å². The topological polar surface area (TPSA) is 9.23 Å². The molecule has 0 bridgehead atoms. The van der Waals surface area contributed by atoms with E-state index >= 15 is 0 Å². The van der Waals surface area contributed by atoms with Crippen molar-refractivity contribution in [2.45, 2.75) is 0 Å². The first-order valence-electron chi connectivity index (χ1n) is 2.36. The van der Waals surface area contributed by atoms with Crippen LogP contribution in [0.25, 0.3) is 0 Å². The maximum absolute atomic E-state index is 4.74. The SMILES string of the molecule is COC/C=C/C=C\S. The molecule has 0 unspecified atom stereocenters. The fraction of sp³-hybridized carbons (Fsp3) is 0.333. The molecule has 0 aliphatic carbocycles. The lowest BCUT2D eigenvalue weighted by molar-refractivity contribution is 0.234. The van der Waals surface area contributed by atoms with Gasteiger partial charge in [-0.05, 0) is 5.41 Å². The van der Waals surface area contributed by atoms with Gasteiger partial charge in [0.25, 0.3) is 0 Å². The van der Waals surface area contributed by atoms with Crippen LogP contribution in [0.3, 0.4) is 0 Å². The van der Waals surface area contributed by atoms with E-state index < -0.39 is 0 Å². The zero-order valence-corrected chi connectivity index (χ0v) is 5.77. The first kappa shape index (κ1) is 7.79. The minimum absolute atomic E-state index is 0.665. The Bertz CT molecular complexity index is 86.5. The van der Waals surface area contributed by atoms with Crippen LogP contribution in [0.15, 0.2) is 23.6 Å². The first-order valence-corrected chi connectivity index (χ1v) is 2.88. The highest BCUT2D eigenvalue weighted by molar-refractivity contribution is 7.83. The van der Waals surface area contributed by atoms with Crippen molar-refractivity contribution < 1.29 is 4.74 Å². The number of rotatable bonds is 3. The van der Waals surface area contributed by atoms with Gasteiger partial charge in [0, 0.05) is 7.11 Å². The maximum atomic E-state index is 4.74. The Hall–Kier alpha value is -0.210. The van der Waals surface area contributed by atoms with Crippen LogP contribution in [0.4, 0.5) is 0 Å². The van der Waals surface area contributed by atoms with Crippen LogP contribution < -0.4 is 0 Å². The molecule has 0 N–H and O–H groups in total. The molecule has 0 saturated heterocycles. The van der Waals surface area contributed by atoms with Crippen LogP contribution in [0, 0.1) is 0 Å². The highest BCUT2D eigenvalue weighted by Gasteiger charge is 1.65. The van der Waals surface area contributed by atoms with Gasteiger partial charge in [0.15, 0.2) is 0 Å². The summed E-state index contributed by atoms with van der Waals surface area (Å²) in [4.78, 5) is 0. The lowest BCUT2D eigenvalue weighted by atomic mass is 10.5. The maximum Gasteiger partial charge on any atom is 0.0646 e. The second-order valence-electron chi connectivity index (χ2n) is 1.23. The fourth-order valence-corrected chi connectivity index (χ4v) is 0.379. The summed E-state index contributed by atoms with van der Waals surface area (Å²) in [5.41, 5.74) is 0. The van der Waals surface area contributed by atoms with Gasteiger partial charge in [-0.2, -0.15) is 12.6 Å². The lowest BCUT2D eigenvalue weighted by Crippen LogP contribution is -1.78. The van der Waals surface area contributed by atoms with Gasteiger partial charge < -0.3 is 4.74 Å². The zero-order valence-electron chi connectivity index (χ0n) is 4.87. The van der Waals surface area contributed by atoms with Gasteiger partial charge in [-0.1, -0.05) is 18.2 Å². The molecule has 1 nitrogen and oxygen atoms in total. The molecule has 0 amide bonds. The number of thiol groups is 1. The van der Waals surface area contributed by atoms with Gasteiger partial charge in [0.1, 0.15) is 0 Å². The van der Waals surface area contributed by atoms with Crippen LogP contribution in [0.1, 0.15) is 0 Å². The average molecular weight is 130 g/mol. The Morgan fingerprint density at radius 3 is 2.75 bits per heavy atom. The molecule has 0 fully saturated rings. The zero-order chi connectivity index (χ0) is 6.24. The quantitative estimate of drug-likeness (QED) is 0.451. The number of methoxy groups -OCH3 is 1. The molecule has 0 aliphatic heterocycles. The second kappa shape index (κ2) is 6.79. The Kier molecular flexibility index (Phi) is 6.61. The van der Waals surface area contributed by atoms with Gasteiger partial charge in [-0.3, -0.25) is 0 Å². The Balaban J connectivity index is 3.07. The highest BCUT2D eigenvalue weighted by atomic mass is 32.1. The van der Waals surface area contributed by atoms with Gasteiger partial charge in [0.05, 0.1) is 6.61 Å². The molecule has 0 aromatic heterocycles. The van der Waals surface area contributed by atoms with E-state index in [4.69, 9.17) is 4.74 Å². The Labute approximate surface area is 55.5 Å². The molecule has 0 aromatic carbocycles. The monoisotopic (exact) mass is 130 g/mol. The number of hydrogen-bond donors (Lipinski definition) is 1. The fourth-order valence-electron chi connectivity index (χ4n) is 0.280. The molecule has 2 heteroatoms. The van der Waals surface area contributed by atoms with Crippen molar-refractivity contribution in [3.63, 3.8) is 0 Å². The van der Waals surface area contributed by atoms with E-state index in [2.05, 4.69) is 12.6 Å². The van der Waals surface area contributed by atoms with E-state index in [0.717, 1.165) is 0 Å². The predicted octanol–water partition coefficient (Wildman–Crippen LogP) is 1.63. The summed E-state index contributed by atoms with van der Waals surface area (Å²) in [6.07, 6.45) is 5.63. The summed E-state index contributed by atoms with van der Waals surface area (Å²) in [6, 6.07) is 0. The van der Waals surface area contributed by atoms with Crippen molar-refractivity contribution in [2.75, 3.05) is 13.7 Å². The molecule has 0 rings (SSSR count). The molecule has 0 aromatic rings. The summed E-state index contributed by atoms with van der Waals surface area (Å²) < 4.78 is 4.74. The minimum Gasteiger partial charge on any atom is -0.381 e. The smallest absolute Gasteiger partial charge is 0.0646 e. The van der Waals surface area contributed by atoms with Crippen LogP contribution in [-0.2, 0) is 4.74 Å². The molecule has 46 valence electrons. The van der Waals surface area contributed by atoms with Crippen molar-refractivity contribution in [1.82, 2.24) is 0 Å². The van der Waals surface area contributed by atoms with E-state index in [-0.39, 0.29) is 0 Å². The lowest BCUT2D eigenvalue weighted by Gasteiger charge is -1.82. The molecule has 0 atom stereocenters. The molecule has 0 heterocycles. The van der Waals surface area contributed by atoms with Crippen LogP contribution in [0.5, 0.6) is 0 Å². The van der Waals surface area contributed by atoms with Gasteiger partial charge in [-0.15, -0.1) is 0 Å². The number of ether oxygens (including phenoxy) is 1. The summed E-state index contributed by atoms with van der Waals surface area (Å²) >= 11 is 3.85. The van der Waals surface area contributed by atoms with Gasteiger partial charge >= 0.3 is 0 Å². The normalized spacial score (nSPS) is 11.8. The molecule has 0 radical (unpaired) electrons. The van der Waals surface area contributed by atoms with E-state index in [9.17, 15) is 0 Å². The molecular weight excluding hydrogens is 120 g/mol. The molecule has 0 aliphatic rings. The van der Waals surface area contributed by atoms with E-state index in [1.165, 1.54) is 0 Å². The number of hydrogen-bond acceptors (Lipinski definition) is 2. The van der Waals surface area contributed by atoms with Crippen LogP contribution in [0.2, 0.25) is 0 Å². The third kappa shape index (κ3) is 5.79. The van der Waals surface area contributed by atoms with Crippen molar-refractivity contribution in [2.24, 2.45) is 0 Å². The van der Waals surface area contributed by atoms with E-state index in [1.54, 1.807) is 12.5 Å². The third-order valence-corrected chi connectivity index (χ3v) is 0.768. The summed E-state index contributed by atoms with van der Waals surface area (Å²) in [6.45, 7) is 0.665. The van der Waals surface area contributed by atoms with Crippen molar-refractivity contribution >= 4 is 12.6 Å². The van der Waals surface area contributed by atoms with Crippen molar-refractivity contribution in [3.8, 4) is 0 Å². The van der Waals surface area contributed by atoms with Gasteiger partial charge in [0.2, 0.25) is 0 Å². The summed E-state index contributed by atoms with van der Waals surface area (Å²) in [5.74, 6) is 0. The highest BCUT2D eigenvalue weighted by Crippen LogP contribution is 1.79. The summed E-state index contributed by atoms with van der Waals surface area (Å²) in [5, 5.41) is 1.67. The van der Waals surface area contributed by atoms with E-state index in [0.29, 0.717) is 6.61 Å². The minimum atomic E-state index is 0.665. The largest absolute Gasteiger partial charge is 0.381 e. The average Bonchev–Trinajstić information content (AvgIpc) is 1.81. The molecule has 0 saturated carbocycles. The predicted molar refractivity (Wildman–Crippen MR) is 39.1 cm³/mol. The summed E-state index contributed by atoms with van der Waals surface area (Å²) in [7, 11) is 1.66. The van der Waals surface area contributed by atoms with Crippen molar-refractivity contribution in [1.29, 1.82) is 0 Å². The molecule has 8 heavy (non-hydrogen) atoms. The van der Waals surface area contributed by atoms with Crippen molar-refractivity contribution in [3.05, 3.63) is 23.6 Å². The Morgan fingerprint density at radius 2 is 2.25 bits per heavy atom. The Morgan fingerprint density at radius 1 is 1.50 bits per heavy atom. The van der Waals surface area contributed by atoms with Gasteiger partial charge in [-0.25, -0.2) is 0 Å². The standard InChI is InChI=1S/C6H10OS/c1-7-5-3-2-4-6-8/h2-4,6,8H,5H2,1H3/b3-2+,6-4-. The number of allylic oxidation sites excluding steroid dienone is 2. The first-order chi connectivity index (χ1) is 3.91. The molecule has 0 spiro atoms. The van der Waals surface area contributed by atoms with Crippen LogP contribution >= 0.6 is 12.6 Å². The second-order valence-corrected chi connectivity index (χ2v) is 1.52. The van der Waals surface area contributed by atoms with Crippen LogP contribution in [-0.4, -0.2) is 13.7 Å².